The lowest BCUT2D eigenvalue weighted by atomic mass is 10.2. The Morgan fingerprint density at radius 3 is 2.33 bits per heavy atom. The fourth-order valence-corrected chi connectivity index (χ4v) is 2.78. The highest BCUT2D eigenvalue weighted by molar-refractivity contribution is 6.30. The standard InChI is InChI=1S/C16H18ClN5O2/c17-14-3-1-13(2-4-14)16(24)21-9-7-20(8-10-21)15(23)5-6-22-12-18-11-19-22/h1-4,11-12H,5-10H2. The number of aromatic nitrogens is 3. The molecule has 2 heterocycles. The number of hydrogen-bond donors (Lipinski definition) is 0. The summed E-state index contributed by atoms with van der Waals surface area (Å²) < 4.78 is 1.64. The van der Waals surface area contributed by atoms with Crippen LogP contribution in [-0.4, -0.2) is 62.6 Å². The van der Waals surface area contributed by atoms with Crippen LogP contribution < -0.4 is 0 Å². The predicted molar refractivity (Wildman–Crippen MR) is 88.6 cm³/mol. The SMILES string of the molecule is O=C(CCn1cncn1)N1CCN(C(=O)c2ccc(Cl)cc2)CC1. The molecule has 0 unspecified atom stereocenters. The van der Waals surface area contributed by atoms with Crippen molar-refractivity contribution in [3.8, 4) is 0 Å². The maximum Gasteiger partial charge on any atom is 0.253 e. The monoisotopic (exact) mass is 347 g/mol. The van der Waals surface area contributed by atoms with Gasteiger partial charge >= 0.3 is 0 Å². The van der Waals surface area contributed by atoms with Crippen molar-refractivity contribution in [2.24, 2.45) is 0 Å². The van der Waals surface area contributed by atoms with E-state index in [4.69, 9.17) is 11.6 Å². The molecular weight excluding hydrogens is 330 g/mol. The van der Waals surface area contributed by atoms with Gasteiger partial charge in [-0.15, -0.1) is 0 Å². The summed E-state index contributed by atoms with van der Waals surface area (Å²) in [5.41, 5.74) is 0.616. The zero-order valence-corrected chi connectivity index (χ0v) is 13.9. The maximum absolute atomic E-state index is 12.4. The van der Waals surface area contributed by atoms with Gasteiger partial charge in [0.05, 0.1) is 6.54 Å². The number of carbonyl (C=O) groups excluding carboxylic acids is 2. The summed E-state index contributed by atoms with van der Waals surface area (Å²) >= 11 is 5.84. The molecule has 126 valence electrons. The normalized spacial score (nSPS) is 14.7. The molecule has 0 spiro atoms. The van der Waals surface area contributed by atoms with E-state index in [9.17, 15) is 9.59 Å². The van der Waals surface area contributed by atoms with E-state index in [-0.39, 0.29) is 11.8 Å². The minimum absolute atomic E-state index is 0.0265. The first-order chi connectivity index (χ1) is 11.6. The lowest BCUT2D eigenvalue weighted by molar-refractivity contribution is -0.132. The second kappa shape index (κ2) is 7.44. The summed E-state index contributed by atoms with van der Waals surface area (Å²) in [7, 11) is 0. The van der Waals surface area contributed by atoms with E-state index in [1.54, 1.807) is 45.1 Å². The number of piperazine rings is 1. The van der Waals surface area contributed by atoms with Crippen molar-refractivity contribution in [2.45, 2.75) is 13.0 Å². The van der Waals surface area contributed by atoms with E-state index in [1.165, 1.54) is 6.33 Å². The van der Waals surface area contributed by atoms with Crippen LogP contribution >= 0.6 is 11.6 Å². The molecule has 8 heteroatoms. The second-order valence-electron chi connectivity index (χ2n) is 5.59. The van der Waals surface area contributed by atoms with Gasteiger partial charge in [0.1, 0.15) is 12.7 Å². The Balaban J connectivity index is 1.49. The van der Waals surface area contributed by atoms with Gasteiger partial charge in [0.2, 0.25) is 5.91 Å². The van der Waals surface area contributed by atoms with Crippen molar-refractivity contribution in [1.29, 1.82) is 0 Å². The average molecular weight is 348 g/mol. The van der Waals surface area contributed by atoms with E-state index in [2.05, 4.69) is 10.1 Å². The number of benzene rings is 1. The molecule has 0 radical (unpaired) electrons. The third-order valence-corrected chi connectivity index (χ3v) is 4.28. The molecule has 1 aromatic heterocycles. The Morgan fingerprint density at radius 1 is 1.04 bits per heavy atom. The Kier molecular flexibility index (Phi) is 5.10. The quantitative estimate of drug-likeness (QED) is 0.836. The zero-order valence-electron chi connectivity index (χ0n) is 13.1. The van der Waals surface area contributed by atoms with Gasteiger partial charge in [0, 0.05) is 43.2 Å². The Hall–Kier alpha value is -2.41. The van der Waals surface area contributed by atoms with E-state index >= 15 is 0 Å². The lowest BCUT2D eigenvalue weighted by Gasteiger charge is -2.35. The molecule has 24 heavy (non-hydrogen) atoms. The number of halogens is 1. The first kappa shape index (κ1) is 16.4. The van der Waals surface area contributed by atoms with Crippen LogP contribution in [0.2, 0.25) is 5.02 Å². The molecule has 2 aromatic rings. The maximum atomic E-state index is 12.4. The van der Waals surface area contributed by atoms with Gasteiger partial charge in [-0.3, -0.25) is 14.3 Å². The fourth-order valence-electron chi connectivity index (χ4n) is 2.65. The molecule has 1 aromatic carbocycles. The summed E-state index contributed by atoms with van der Waals surface area (Å²) in [6.45, 7) is 2.70. The van der Waals surface area contributed by atoms with Crippen LogP contribution in [0.1, 0.15) is 16.8 Å². The van der Waals surface area contributed by atoms with Gasteiger partial charge in [-0.25, -0.2) is 4.98 Å². The zero-order chi connectivity index (χ0) is 16.9. The molecule has 1 aliphatic heterocycles. The molecule has 7 nitrogen and oxygen atoms in total. The van der Waals surface area contributed by atoms with Crippen LogP contribution in [0.15, 0.2) is 36.9 Å². The minimum atomic E-state index is -0.0265. The number of nitrogens with zero attached hydrogens (tertiary/aromatic N) is 5. The predicted octanol–water partition coefficient (Wildman–Crippen LogP) is 1.31. The van der Waals surface area contributed by atoms with Gasteiger partial charge in [-0.1, -0.05) is 11.6 Å². The van der Waals surface area contributed by atoms with Gasteiger partial charge in [0.25, 0.3) is 5.91 Å². The van der Waals surface area contributed by atoms with Crippen molar-refractivity contribution in [3.05, 3.63) is 47.5 Å². The van der Waals surface area contributed by atoms with E-state index < -0.39 is 0 Å². The van der Waals surface area contributed by atoms with Crippen molar-refractivity contribution >= 4 is 23.4 Å². The first-order valence-electron chi connectivity index (χ1n) is 7.78. The largest absolute Gasteiger partial charge is 0.339 e. The third kappa shape index (κ3) is 3.91. The van der Waals surface area contributed by atoms with Gasteiger partial charge in [0.15, 0.2) is 0 Å². The van der Waals surface area contributed by atoms with Crippen LogP contribution in [0.25, 0.3) is 0 Å². The van der Waals surface area contributed by atoms with Crippen LogP contribution in [0.3, 0.4) is 0 Å². The van der Waals surface area contributed by atoms with Crippen molar-refractivity contribution < 1.29 is 9.59 Å². The van der Waals surface area contributed by atoms with E-state index in [1.807, 2.05) is 0 Å². The van der Waals surface area contributed by atoms with E-state index in [0.29, 0.717) is 49.7 Å². The molecule has 0 atom stereocenters. The number of rotatable bonds is 4. The molecule has 2 amide bonds. The highest BCUT2D eigenvalue weighted by Crippen LogP contribution is 2.13. The second-order valence-corrected chi connectivity index (χ2v) is 6.02. The summed E-state index contributed by atoms with van der Waals surface area (Å²) in [6, 6.07) is 6.86. The van der Waals surface area contributed by atoms with Gasteiger partial charge < -0.3 is 9.80 Å². The van der Waals surface area contributed by atoms with Crippen LogP contribution in [0.4, 0.5) is 0 Å². The molecule has 1 fully saturated rings. The highest BCUT2D eigenvalue weighted by atomic mass is 35.5. The van der Waals surface area contributed by atoms with Crippen LogP contribution in [0, 0.1) is 0 Å². The molecule has 0 saturated carbocycles. The van der Waals surface area contributed by atoms with Crippen LogP contribution in [-0.2, 0) is 11.3 Å². The van der Waals surface area contributed by atoms with Crippen LogP contribution in [0.5, 0.6) is 0 Å². The van der Waals surface area contributed by atoms with Gasteiger partial charge in [-0.2, -0.15) is 5.10 Å². The summed E-state index contributed by atoms with van der Waals surface area (Å²) in [4.78, 5) is 32.1. The fraction of sp³-hybridized carbons (Fsp3) is 0.375. The lowest BCUT2D eigenvalue weighted by Crippen LogP contribution is -2.50. The average Bonchev–Trinajstić information content (AvgIpc) is 3.13. The van der Waals surface area contributed by atoms with Crippen molar-refractivity contribution in [3.63, 3.8) is 0 Å². The molecule has 1 saturated heterocycles. The Bertz CT molecular complexity index is 694. The number of hydrogen-bond acceptors (Lipinski definition) is 4. The third-order valence-electron chi connectivity index (χ3n) is 4.03. The van der Waals surface area contributed by atoms with Crippen molar-refractivity contribution in [2.75, 3.05) is 26.2 Å². The summed E-state index contributed by atoms with van der Waals surface area (Å²) in [5, 5.41) is 4.59. The van der Waals surface area contributed by atoms with Crippen molar-refractivity contribution in [1.82, 2.24) is 24.6 Å². The Morgan fingerprint density at radius 2 is 1.71 bits per heavy atom. The summed E-state index contributed by atoms with van der Waals surface area (Å²) in [5.74, 6) is 0.0467. The van der Waals surface area contributed by atoms with E-state index in [0.717, 1.165) is 0 Å². The topological polar surface area (TPSA) is 71.3 Å². The minimum Gasteiger partial charge on any atom is -0.339 e. The molecule has 3 rings (SSSR count). The number of amides is 2. The highest BCUT2D eigenvalue weighted by Gasteiger charge is 2.24. The number of aryl methyl sites for hydroxylation is 1. The first-order valence-corrected chi connectivity index (χ1v) is 8.16. The molecule has 0 aliphatic carbocycles. The smallest absolute Gasteiger partial charge is 0.253 e. The van der Waals surface area contributed by atoms with Gasteiger partial charge in [-0.05, 0) is 24.3 Å². The molecule has 0 bridgehead atoms. The number of carbonyl (C=O) groups is 2. The Labute approximate surface area is 144 Å². The molecule has 0 N–H and O–H groups in total. The molecular formula is C16H18ClN5O2. The molecule has 1 aliphatic rings. The summed E-state index contributed by atoms with van der Waals surface area (Å²) in [6.07, 6.45) is 3.43.